The van der Waals surface area contributed by atoms with E-state index in [-0.39, 0.29) is 0 Å². The van der Waals surface area contributed by atoms with Crippen molar-refractivity contribution in [2.45, 2.75) is 12.8 Å². The summed E-state index contributed by atoms with van der Waals surface area (Å²) in [4.78, 5) is 1.50. The van der Waals surface area contributed by atoms with Gasteiger partial charge in [0.15, 0.2) is 0 Å². The van der Waals surface area contributed by atoms with Crippen molar-refractivity contribution in [3.05, 3.63) is 168 Å². The van der Waals surface area contributed by atoms with Crippen molar-refractivity contribution >= 4 is 102 Å². The first-order chi connectivity index (χ1) is 25.8. The summed E-state index contributed by atoms with van der Waals surface area (Å²) in [6, 6.07) is 56.4. The number of hydrogen-bond acceptors (Lipinski definition) is 2. The molecule has 0 unspecified atom stereocenters. The number of fused-ring (bicyclic) bond motifs is 12. The third-order valence-electron chi connectivity index (χ3n) is 11.2. The van der Waals surface area contributed by atoms with Gasteiger partial charge in [0.1, 0.15) is 0 Å². The first-order valence-corrected chi connectivity index (χ1v) is 19.6. The molecule has 4 heterocycles. The molecule has 0 N–H and O–H groups in total. The zero-order valence-corrected chi connectivity index (χ0v) is 29.8. The average Bonchev–Trinajstić information content (AvgIpc) is 3.95. The Morgan fingerprint density at radius 3 is 1.71 bits per heavy atom. The third kappa shape index (κ3) is 3.94. The maximum absolute atomic E-state index is 2.52. The van der Waals surface area contributed by atoms with Gasteiger partial charge in [0.05, 0.1) is 33.5 Å². The highest BCUT2D eigenvalue weighted by Crippen LogP contribution is 2.45. The second-order valence-corrected chi connectivity index (χ2v) is 16.2. The van der Waals surface area contributed by atoms with Gasteiger partial charge in [0, 0.05) is 62.2 Å². The Hall–Kier alpha value is -5.94. The van der Waals surface area contributed by atoms with Crippen molar-refractivity contribution in [3.8, 4) is 16.8 Å². The number of para-hydroxylation sites is 2. The number of allylic oxidation sites excluding steroid dienone is 1. The van der Waals surface area contributed by atoms with Crippen molar-refractivity contribution in [3.63, 3.8) is 0 Å². The fourth-order valence-corrected chi connectivity index (χ4v) is 11.3. The van der Waals surface area contributed by atoms with Crippen LogP contribution >= 0.6 is 22.7 Å². The quantitative estimate of drug-likeness (QED) is 0.174. The minimum atomic E-state index is 1.06. The van der Waals surface area contributed by atoms with Crippen LogP contribution in [0.1, 0.15) is 16.9 Å². The Bertz CT molecular complexity index is 3310. The summed E-state index contributed by atoms with van der Waals surface area (Å²) in [7, 11) is 0. The number of rotatable bonds is 3. The van der Waals surface area contributed by atoms with Crippen LogP contribution in [0.3, 0.4) is 0 Å². The van der Waals surface area contributed by atoms with Crippen LogP contribution in [-0.2, 0) is 6.42 Å². The normalized spacial score (nSPS) is 13.3. The van der Waals surface area contributed by atoms with Gasteiger partial charge in [0.2, 0.25) is 0 Å². The predicted octanol–water partition coefficient (Wildman–Crippen LogP) is 14.0. The van der Waals surface area contributed by atoms with E-state index >= 15 is 0 Å². The molecule has 0 bridgehead atoms. The zero-order valence-electron chi connectivity index (χ0n) is 28.1. The van der Waals surface area contributed by atoms with Gasteiger partial charge < -0.3 is 9.13 Å². The number of hydrogen-bond donors (Lipinski definition) is 0. The first-order valence-electron chi connectivity index (χ1n) is 18.0. The third-order valence-corrected chi connectivity index (χ3v) is 13.5. The Kier molecular flexibility index (Phi) is 5.96. The maximum atomic E-state index is 2.52. The molecule has 1 aliphatic carbocycles. The Morgan fingerprint density at radius 1 is 0.423 bits per heavy atom. The van der Waals surface area contributed by atoms with E-state index in [0.29, 0.717) is 0 Å². The monoisotopic (exact) mass is 698 g/mol. The van der Waals surface area contributed by atoms with Crippen molar-refractivity contribution in [2.75, 3.05) is 0 Å². The van der Waals surface area contributed by atoms with Crippen molar-refractivity contribution in [2.24, 2.45) is 0 Å². The van der Waals surface area contributed by atoms with E-state index in [9.17, 15) is 0 Å². The molecule has 12 rings (SSSR count). The summed E-state index contributed by atoms with van der Waals surface area (Å²) in [5, 5.41) is 9.15. The predicted molar refractivity (Wildman–Crippen MR) is 226 cm³/mol. The lowest BCUT2D eigenvalue weighted by atomic mass is 9.98. The summed E-state index contributed by atoms with van der Waals surface area (Å²) < 4.78 is 9.03. The highest BCUT2D eigenvalue weighted by Gasteiger charge is 2.24. The van der Waals surface area contributed by atoms with E-state index in [2.05, 4.69) is 167 Å². The average molecular weight is 699 g/mol. The number of nitrogens with zero attached hydrogens (tertiary/aromatic N) is 2. The second-order valence-electron chi connectivity index (χ2n) is 13.9. The molecule has 2 nitrogen and oxygen atoms in total. The van der Waals surface area contributed by atoms with Crippen LogP contribution in [-0.4, -0.2) is 9.13 Å². The molecule has 4 aromatic heterocycles. The van der Waals surface area contributed by atoms with Crippen LogP contribution in [0.5, 0.6) is 0 Å². The lowest BCUT2D eigenvalue weighted by molar-refractivity contribution is 0.985. The van der Waals surface area contributed by atoms with Gasteiger partial charge in [-0.15, -0.1) is 22.7 Å². The molecule has 0 fully saturated rings. The second kappa shape index (κ2) is 10.8. The van der Waals surface area contributed by atoms with Crippen LogP contribution in [0.4, 0.5) is 0 Å². The molecular formula is C48H30N2S2. The standard InChI is InChI=1S/C48H30N2S2/c1-5-15-37-31(11-1)35-27-29(23-25-39(35)49(37)41-17-9-21-45-47(41)33-13-3-7-19-43(33)51-45)30-24-26-40-36(28-30)32-12-2-6-16-38(32)50(40)42-18-10-22-46-48(42)34-14-4-8-20-44(34)52-46/h1-9,11-21,23-28H,10,22H2. The van der Waals surface area contributed by atoms with E-state index in [1.165, 1.54) is 107 Å². The Morgan fingerprint density at radius 2 is 0.981 bits per heavy atom. The minimum Gasteiger partial charge on any atom is -0.309 e. The summed E-state index contributed by atoms with van der Waals surface area (Å²) in [6.07, 6.45) is 4.63. The van der Waals surface area contributed by atoms with E-state index in [0.717, 1.165) is 12.8 Å². The number of aryl methyl sites for hydroxylation is 1. The molecular weight excluding hydrogens is 669 g/mol. The van der Waals surface area contributed by atoms with Crippen molar-refractivity contribution in [1.29, 1.82) is 0 Å². The van der Waals surface area contributed by atoms with Gasteiger partial charge in [-0.05, 0) is 84.6 Å². The van der Waals surface area contributed by atoms with E-state index < -0.39 is 0 Å². The largest absolute Gasteiger partial charge is 0.309 e. The fraction of sp³-hybridized carbons (Fsp3) is 0.0417. The van der Waals surface area contributed by atoms with E-state index in [4.69, 9.17) is 0 Å². The molecule has 0 radical (unpaired) electrons. The minimum absolute atomic E-state index is 1.06. The summed E-state index contributed by atoms with van der Waals surface area (Å²) in [6.45, 7) is 0. The maximum Gasteiger partial charge on any atom is 0.0555 e. The highest BCUT2D eigenvalue weighted by molar-refractivity contribution is 7.25. The fourth-order valence-electron chi connectivity index (χ4n) is 8.96. The van der Waals surface area contributed by atoms with E-state index in [1.807, 2.05) is 22.7 Å². The van der Waals surface area contributed by atoms with Gasteiger partial charge >= 0.3 is 0 Å². The molecule has 0 spiro atoms. The number of aromatic nitrogens is 2. The summed E-state index contributed by atoms with van der Waals surface area (Å²) in [5.41, 5.74) is 11.4. The molecule has 1 aliphatic rings. The molecule has 4 heteroatoms. The zero-order chi connectivity index (χ0) is 33.9. The van der Waals surface area contributed by atoms with Crippen molar-refractivity contribution < 1.29 is 0 Å². The molecule has 244 valence electrons. The first kappa shape index (κ1) is 28.7. The number of benzene rings is 7. The lowest BCUT2D eigenvalue weighted by Gasteiger charge is -2.18. The molecule has 0 atom stereocenters. The molecule has 0 saturated heterocycles. The van der Waals surface area contributed by atoms with Crippen LogP contribution in [0.15, 0.2) is 158 Å². The Balaban J connectivity index is 1.06. The highest BCUT2D eigenvalue weighted by atomic mass is 32.1. The molecule has 0 saturated carbocycles. The van der Waals surface area contributed by atoms with Crippen molar-refractivity contribution in [1.82, 2.24) is 9.13 Å². The SMILES string of the molecule is C1=C(n2c3ccccc3c3cc(-c4ccc5c(c4)c4ccccc4n5-c4cccc5sc6ccccc6c45)ccc32)c2c(sc3ccccc23)CC1. The lowest BCUT2D eigenvalue weighted by Crippen LogP contribution is -2.04. The summed E-state index contributed by atoms with van der Waals surface area (Å²) in [5.74, 6) is 0. The van der Waals surface area contributed by atoms with Crippen LogP contribution in [0.25, 0.3) is 96.4 Å². The smallest absolute Gasteiger partial charge is 0.0555 e. The van der Waals surface area contributed by atoms with Gasteiger partial charge in [-0.3, -0.25) is 0 Å². The van der Waals surface area contributed by atoms with Crippen LogP contribution < -0.4 is 0 Å². The van der Waals surface area contributed by atoms with Crippen LogP contribution in [0, 0.1) is 0 Å². The molecule has 11 aromatic rings. The van der Waals surface area contributed by atoms with E-state index in [1.54, 1.807) is 0 Å². The molecule has 7 aromatic carbocycles. The van der Waals surface area contributed by atoms with Crippen LogP contribution in [0.2, 0.25) is 0 Å². The van der Waals surface area contributed by atoms with Gasteiger partial charge in [0.25, 0.3) is 0 Å². The number of thiophene rings is 2. The van der Waals surface area contributed by atoms with Gasteiger partial charge in [-0.1, -0.05) is 97.1 Å². The van der Waals surface area contributed by atoms with Gasteiger partial charge in [-0.2, -0.15) is 0 Å². The molecule has 52 heavy (non-hydrogen) atoms. The topological polar surface area (TPSA) is 9.86 Å². The van der Waals surface area contributed by atoms with Gasteiger partial charge in [-0.25, -0.2) is 0 Å². The summed E-state index contributed by atoms with van der Waals surface area (Å²) >= 11 is 3.83. The molecule has 0 amide bonds. The Labute approximate surface area is 307 Å². The molecule has 0 aliphatic heterocycles.